The van der Waals surface area contributed by atoms with Crippen LogP contribution >= 0.6 is 0 Å². The molecular formula is C10H15N3O. The second-order valence-electron chi connectivity index (χ2n) is 2.76. The molecule has 0 bridgehead atoms. The Hall–Kier alpha value is -1.58. The standard InChI is InChI=1S/C8H9N3O.C2H6/c1-10-6-3-4-9-5-7(6)11(2)8(10)12;1-2/h3-5H,1-2H3;1-2H3. The lowest BCUT2D eigenvalue weighted by Gasteiger charge is -1.90. The van der Waals surface area contributed by atoms with Gasteiger partial charge in [-0.3, -0.25) is 14.1 Å². The number of rotatable bonds is 0. The van der Waals surface area contributed by atoms with E-state index in [1.807, 2.05) is 19.9 Å². The summed E-state index contributed by atoms with van der Waals surface area (Å²) in [4.78, 5) is 15.3. The summed E-state index contributed by atoms with van der Waals surface area (Å²) in [5, 5.41) is 0. The van der Waals surface area contributed by atoms with Crippen molar-refractivity contribution in [2.45, 2.75) is 13.8 Å². The fourth-order valence-corrected chi connectivity index (χ4v) is 1.35. The molecule has 4 heteroatoms. The van der Waals surface area contributed by atoms with E-state index in [1.165, 1.54) is 0 Å². The third-order valence-electron chi connectivity index (χ3n) is 2.07. The van der Waals surface area contributed by atoms with Gasteiger partial charge < -0.3 is 0 Å². The van der Waals surface area contributed by atoms with E-state index < -0.39 is 0 Å². The van der Waals surface area contributed by atoms with Gasteiger partial charge in [0.2, 0.25) is 0 Å². The van der Waals surface area contributed by atoms with E-state index >= 15 is 0 Å². The maximum Gasteiger partial charge on any atom is 0.328 e. The van der Waals surface area contributed by atoms with Gasteiger partial charge in [-0.1, -0.05) is 13.8 Å². The molecule has 14 heavy (non-hydrogen) atoms. The average Bonchev–Trinajstić information content (AvgIpc) is 2.48. The highest BCUT2D eigenvalue weighted by molar-refractivity contribution is 5.74. The summed E-state index contributed by atoms with van der Waals surface area (Å²) in [6, 6.07) is 1.83. The Morgan fingerprint density at radius 2 is 1.71 bits per heavy atom. The normalized spacial score (nSPS) is 9.71. The van der Waals surface area contributed by atoms with Gasteiger partial charge in [0.1, 0.15) is 0 Å². The van der Waals surface area contributed by atoms with Crippen molar-refractivity contribution in [3.8, 4) is 0 Å². The molecule has 0 N–H and O–H groups in total. The molecule has 0 amide bonds. The molecular weight excluding hydrogens is 178 g/mol. The summed E-state index contributed by atoms with van der Waals surface area (Å²) in [6.07, 6.45) is 3.37. The van der Waals surface area contributed by atoms with Crippen molar-refractivity contribution in [2.75, 3.05) is 0 Å². The molecule has 0 spiro atoms. The molecule has 0 aliphatic heterocycles. The van der Waals surface area contributed by atoms with Crippen LogP contribution in [-0.2, 0) is 14.1 Å². The second-order valence-corrected chi connectivity index (χ2v) is 2.76. The van der Waals surface area contributed by atoms with Gasteiger partial charge in [-0.25, -0.2) is 4.79 Å². The van der Waals surface area contributed by atoms with Crippen LogP contribution in [0.25, 0.3) is 11.0 Å². The predicted molar refractivity (Wildman–Crippen MR) is 57.3 cm³/mol. The number of nitrogens with zero attached hydrogens (tertiary/aromatic N) is 3. The smallest absolute Gasteiger partial charge is 0.295 e. The first-order valence-corrected chi connectivity index (χ1v) is 4.67. The Labute approximate surface area is 82.8 Å². The van der Waals surface area contributed by atoms with Crippen molar-refractivity contribution < 1.29 is 0 Å². The zero-order chi connectivity index (χ0) is 10.7. The van der Waals surface area contributed by atoms with Crippen LogP contribution in [0.3, 0.4) is 0 Å². The monoisotopic (exact) mass is 193 g/mol. The SMILES string of the molecule is CC.Cn1c(=O)n(C)c2cnccc21. The van der Waals surface area contributed by atoms with Crippen molar-refractivity contribution in [1.82, 2.24) is 14.1 Å². The largest absolute Gasteiger partial charge is 0.328 e. The number of hydrogen-bond donors (Lipinski definition) is 0. The van der Waals surface area contributed by atoms with Crippen LogP contribution in [0.4, 0.5) is 0 Å². The third-order valence-corrected chi connectivity index (χ3v) is 2.07. The number of aryl methyl sites for hydroxylation is 2. The van der Waals surface area contributed by atoms with Gasteiger partial charge in [-0.05, 0) is 6.07 Å². The van der Waals surface area contributed by atoms with Crippen LogP contribution in [0.5, 0.6) is 0 Å². The summed E-state index contributed by atoms with van der Waals surface area (Å²) in [5.41, 5.74) is 1.76. The van der Waals surface area contributed by atoms with E-state index in [1.54, 1.807) is 35.6 Å². The van der Waals surface area contributed by atoms with Gasteiger partial charge >= 0.3 is 5.69 Å². The van der Waals surface area contributed by atoms with Crippen LogP contribution in [0.1, 0.15) is 13.8 Å². The van der Waals surface area contributed by atoms with Crippen molar-refractivity contribution in [3.63, 3.8) is 0 Å². The summed E-state index contributed by atoms with van der Waals surface area (Å²) in [7, 11) is 3.50. The number of aromatic nitrogens is 3. The summed E-state index contributed by atoms with van der Waals surface area (Å²) < 4.78 is 3.19. The molecule has 0 saturated carbocycles. The van der Waals surface area contributed by atoms with E-state index in [-0.39, 0.29) is 5.69 Å². The van der Waals surface area contributed by atoms with Crippen LogP contribution in [-0.4, -0.2) is 14.1 Å². The average molecular weight is 193 g/mol. The minimum absolute atomic E-state index is 0.0157. The van der Waals surface area contributed by atoms with Gasteiger partial charge in [-0.15, -0.1) is 0 Å². The van der Waals surface area contributed by atoms with Crippen molar-refractivity contribution in [1.29, 1.82) is 0 Å². The lowest BCUT2D eigenvalue weighted by atomic mass is 10.4. The van der Waals surface area contributed by atoms with E-state index in [4.69, 9.17) is 0 Å². The van der Waals surface area contributed by atoms with Crippen molar-refractivity contribution in [2.24, 2.45) is 14.1 Å². The number of hydrogen-bond acceptors (Lipinski definition) is 2. The molecule has 0 aromatic carbocycles. The molecule has 0 fully saturated rings. The molecule has 2 aromatic rings. The summed E-state index contributed by atoms with van der Waals surface area (Å²) >= 11 is 0. The first kappa shape index (κ1) is 10.5. The molecule has 0 aliphatic rings. The van der Waals surface area contributed by atoms with E-state index in [0.717, 1.165) is 11.0 Å². The highest BCUT2D eigenvalue weighted by atomic mass is 16.1. The second kappa shape index (κ2) is 4.09. The van der Waals surface area contributed by atoms with Gasteiger partial charge in [0.15, 0.2) is 0 Å². The van der Waals surface area contributed by atoms with Gasteiger partial charge in [0.25, 0.3) is 0 Å². The fraction of sp³-hybridized carbons (Fsp3) is 0.400. The maximum absolute atomic E-state index is 11.4. The van der Waals surface area contributed by atoms with Gasteiger partial charge in [0.05, 0.1) is 17.2 Å². The Kier molecular flexibility index (Phi) is 3.06. The molecule has 76 valence electrons. The molecule has 4 nitrogen and oxygen atoms in total. The molecule has 2 heterocycles. The molecule has 0 saturated heterocycles. The lowest BCUT2D eigenvalue weighted by Crippen LogP contribution is -2.19. The van der Waals surface area contributed by atoms with Crippen LogP contribution in [0.15, 0.2) is 23.3 Å². The number of pyridine rings is 1. The molecule has 0 atom stereocenters. The van der Waals surface area contributed by atoms with Crippen LogP contribution in [0.2, 0.25) is 0 Å². The molecule has 2 rings (SSSR count). The number of fused-ring (bicyclic) bond motifs is 1. The minimum Gasteiger partial charge on any atom is -0.295 e. The molecule has 0 aliphatic carbocycles. The minimum atomic E-state index is -0.0157. The first-order valence-electron chi connectivity index (χ1n) is 4.67. The van der Waals surface area contributed by atoms with Crippen LogP contribution in [0, 0.1) is 0 Å². The summed E-state index contributed by atoms with van der Waals surface area (Å²) in [6.45, 7) is 4.00. The molecule has 0 radical (unpaired) electrons. The Balaban J connectivity index is 0.000000461. The highest BCUT2D eigenvalue weighted by Crippen LogP contribution is 2.07. The first-order chi connectivity index (χ1) is 6.72. The van der Waals surface area contributed by atoms with E-state index in [0.29, 0.717) is 0 Å². The quantitative estimate of drug-likeness (QED) is 0.632. The lowest BCUT2D eigenvalue weighted by molar-refractivity contribution is 0.795. The highest BCUT2D eigenvalue weighted by Gasteiger charge is 2.05. The number of imidazole rings is 1. The Morgan fingerprint density at radius 1 is 1.14 bits per heavy atom. The Bertz CT molecular complexity index is 440. The fourth-order valence-electron chi connectivity index (χ4n) is 1.35. The molecule has 2 aromatic heterocycles. The predicted octanol–water partition coefficient (Wildman–Crippen LogP) is 1.30. The van der Waals surface area contributed by atoms with Crippen LogP contribution < -0.4 is 5.69 Å². The van der Waals surface area contributed by atoms with Crippen molar-refractivity contribution >= 4 is 11.0 Å². The zero-order valence-corrected chi connectivity index (χ0v) is 8.98. The molecule has 0 unspecified atom stereocenters. The maximum atomic E-state index is 11.4. The van der Waals surface area contributed by atoms with Gasteiger partial charge in [-0.2, -0.15) is 0 Å². The summed E-state index contributed by atoms with van der Waals surface area (Å²) in [5.74, 6) is 0. The van der Waals surface area contributed by atoms with E-state index in [2.05, 4.69) is 4.98 Å². The van der Waals surface area contributed by atoms with Crippen molar-refractivity contribution in [3.05, 3.63) is 28.9 Å². The third kappa shape index (κ3) is 1.43. The van der Waals surface area contributed by atoms with Gasteiger partial charge in [0, 0.05) is 20.3 Å². The topological polar surface area (TPSA) is 39.8 Å². The van der Waals surface area contributed by atoms with E-state index in [9.17, 15) is 4.79 Å². The Morgan fingerprint density at radius 3 is 2.29 bits per heavy atom. The zero-order valence-electron chi connectivity index (χ0n) is 8.98.